The van der Waals surface area contributed by atoms with E-state index in [9.17, 15) is 4.79 Å². The van der Waals surface area contributed by atoms with Gasteiger partial charge in [-0.25, -0.2) is 4.98 Å². The van der Waals surface area contributed by atoms with Crippen LogP contribution in [0.4, 0.5) is 5.82 Å². The molecule has 0 radical (unpaired) electrons. The Morgan fingerprint density at radius 3 is 2.16 bits per heavy atom. The van der Waals surface area contributed by atoms with Gasteiger partial charge in [0.05, 0.1) is 5.56 Å². The second-order valence-corrected chi connectivity index (χ2v) is 10.4. The molecule has 1 atom stereocenters. The van der Waals surface area contributed by atoms with Gasteiger partial charge in [0, 0.05) is 17.4 Å². The Kier molecular flexibility index (Phi) is 16.4. The summed E-state index contributed by atoms with van der Waals surface area (Å²) in [4.78, 5) is 21.2. The number of H-pyrrole nitrogens is 1. The van der Waals surface area contributed by atoms with Crippen LogP contribution in [0.1, 0.15) is 83.3 Å². The van der Waals surface area contributed by atoms with Crippen molar-refractivity contribution in [1.29, 1.82) is 0 Å². The molecule has 2 aromatic carbocycles. The van der Waals surface area contributed by atoms with E-state index in [2.05, 4.69) is 91.2 Å². The van der Waals surface area contributed by atoms with Crippen LogP contribution in [0.3, 0.4) is 0 Å². The summed E-state index contributed by atoms with van der Waals surface area (Å²) in [5.41, 5.74) is 3.02. The second kappa shape index (κ2) is 18.6. The minimum atomic E-state index is -0.0821. The summed E-state index contributed by atoms with van der Waals surface area (Å²) in [6.45, 7) is 14.6. The lowest BCUT2D eigenvalue weighted by atomic mass is 10.1. The van der Waals surface area contributed by atoms with Crippen LogP contribution in [0, 0.1) is 12.8 Å². The minimum absolute atomic E-state index is 0.0821. The molecule has 3 rings (SSSR count). The number of hydrogen-bond acceptors (Lipinski definition) is 5. The molecule has 0 bridgehead atoms. The van der Waals surface area contributed by atoms with Gasteiger partial charge in [-0.05, 0) is 81.3 Å². The first-order valence-electron chi connectivity index (χ1n) is 13.6. The molecule has 204 valence electrons. The van der Waals surface area contributed by atoms with E-state index in [0.29, 0.717) is 23.6 Å². The summed E-state index contributed by atoms with van der Waals surface area (Å²) < 4.78 is 3.06. The second-order valence-electron chi connectivity index (χ2n) is 9.34. The van der Waals surface area contributed by atoms with E-state index >= 15 is 0 Å². The van der Waals surface area contributed by atoms with Crippen molar-refractivity contribution in [1.82, 2.24) is 14.7 Å². The van der Waals surface area contributed by atoms with E-state index in [1.807, 2.05) is 33.9 Å². The number of benzene rings is 2. The van der Waals surface area contributed by atoms with Crippen molar-refractivity contribution in [3.05, 3.63) is 87.5 Å². The fraction of sp³-hybridized carbons (Fsp3) is 0.484. The smallest absolute Gasteiger partial charge is 0.255 e. The van der Waals surface area contributed by atoms with E-state index < -0.39 is 0 Å². The van der Waals surface area contributed by atoms with Gasteiger partial charge in [0.2, 0.25) is 0 Å². The average molecular weight is 525 g/mol. The number of hydrogen-bond donors (Lipinski definition) is 3. The zero-order valence-electron chi connectivity index (χ0n) is 24.2. The van der Waals surface area contributed by atoms with Crippen LogP contribution < -0.4 is 15.6 Å². The molecular formula is C31H48N4OS. The molecule has 0 amide bonds. The van der Waals surface area contributed by atoms with Crippen LogP contribution in [-0.4, -0.2) is 23.1 Å². The summed E-state index contributed by atoms with van der Waals surface area (Å²) in [7, 11) is 1.90. The van der Waals surface area contributed by atoms with Crippen LogP contribution in [0.2, 0.25) is 0 Å². The first-order chi connectivity index (χ1) is 17.8. The largest absolute Gasteiger partial charge is 0.367 e. The Labute approximate surface area is 229 Å². The van der Waals surface area contributed by atoms with E-state index in [-0.39, 0.29) is 11.6 Å². The SMILES string of the molecule is CC.CCC(C)C.CNSc1ccc(Cc2nc(NC(C)CCCc3ccccc3)c(C)c(=O)[nH]2)cc1. The third-order valence-corrected chi connectivity index (χ3v) is 6.57. The van der Waals surface area contributed by atoms with Gasteiger partial charge >= 0.3 is 0 Å². The first kappa shape index (κ1) is 32.5. The molecule has 1 heterocycles. The van der Waals surface area contributed by atoms with Gasteiger partial charge in [-0.3, -0.25) is 9.52 Å². The Morgan fingerprint density at radius 1 is 0.973 bits per heavy atom. The number of anilines is 1. The normalized spacial score (nSPS) is 11.2. The van der Waals surface area contributed by atoms with Crippen molar-refractivity contribution in [3.63, 3.8) is 0 Å². The molecule has 3 aromatic rings. The third-order valence-electron chi connectivity index (χ3n) is 5.86. The van der Waals surface area contributed by atoms with Crippen LogP contribution in [-0.2, 0) is 12.8 Å². The summed E-state index contributed by atoms with van der Waals surface area (Å²) in [6.07, 6.45) is 5.06. The lowest BCUT2D eigenvalue weighted by Crippen LogP contribution is -2.23. The number of aromatic amines is 1. The van der Waals surface area contributed by atoms with Crippen LogP contribution >= 0.6 is 11.9 Å². The highest BCUT2D eigenvalue weighted by Crippen LogP contribution is 2.17. The zero-order valence-corrected chi connectivity index (χ0v) is 25.0. The van der Waals surface area contributed by atoms with Gasteiger partial charge in [-0.1, -0.05) is 83.5 Å². The highest BCUT2D eigenvalue weighted by Gasteiger charge is 2.11. The lowest BCUT2D eigenvalue weighted by molar-refractivity contribution is 0.626. The maximum absolute atomic E-state index is 12.4. The molecule has 0 saturated heterocycles. The molecule has 0 aliphatic carbocycles. The molecule has 3 N–H and O–H groups in total. The topological polar surface area (TPSA) is 69.8 Å². The van der Waals surface area contributed by atoms with Crippen LogP contribution in [0.15, 0.2) is 64.3 Å². The Morgan fingerprint density at radius 2 is 1.59 bits per heavy atom. The number of nitrogens with zero attached hydrogens (tertiary/aromatic N) is 1. The fourth-order valence-corrected chi connectivity index (χ4v) is 3.86. The van der Waals surface area contributed by atoms with E-state index in [4.69, 9.17) is 4.98 Å². The highest BCUT2D eigenvalue weighted by molar-refractivity contribution is 7.97. The predicted molar refractivity (Wildman–Crippen MR) is 163 cm³/mol. The maximum atomic E-state index is 12.4. The Hall–Kier alpha value is -2.57. The van der Waals surface area contributed by atoms with Crippen molar-refractivity contribution < 1.29 is 0 Å². The van der Waals surface area contributed by atoms with E-state index in [0.717, 1.165) is 35.6 Å². The van der Waals surface area contributed by atoms with Gasteiger partial charge in [0.25, 0.3) is 5.56 Å². The molecule has 0 fully saturated rings. The van der Waals surface area contributed by atoms with Crippen molar-refractivity contribution in [2.24, 2.45) is 5.92 Å². The number of aromatic nitrogens is 2. The van der Waals surface area contributed by atoms with Gasteiger partial charge in [-0.2, -0.15) is 0 Å². The zero-order chi connectivity index (χ0) is 27.6. The molecule has 1 aromatic heterocycles. The van der Waals surface area contributed by atoms with Crippen molar-refractivity contribution >= 4 is 17.8 Å². The molecule has 1 unspecified atom stereocenters. The molecule has 37 heavy (non-hydrogen) atoms. The van der Waals surface area contributed by atoms with Gasteiger partial charge in [-0.15, -0.1) is 0 Å². The molecular weight excluding hydrogens is 476 g/mol. The maximum Gasteiger partial charge on any atom is 0.255 e. The van der Waals surface area contributed by atoms with Crippen molar-refractivity contribution in [3.8, 4) is 0 Å². The van der Waals surface area contributed by atoms with Crippen LogP contribution in [0.5, 0.6) is 0 Å². The third kappa shape index (κ3) is 13.0. The number of aryl methyl sites for hydroxylation is 1. The lowest BCUT2D eigenvalue weighted by Gasteiger charge is -2.16. The molecule has 0 aliphatic rings. The summed E-state index contributed by atoms with van der Waals surface area (Å²) in [5.74, 6) is 2.25. The summed E-state index contributed by atoms with van der Waals surface area (Å²) in [6, 6.07) is 19.0. The monoisotopic (exact) mass is 524 g/mol. The van der Waals surface area contributed by atoms with Crippen molar-refractivity contribution in [2.45, 2.75) is 91.5 Å². The van der Waals surface area contributed by atoms with Crippen molar-refractivity contribution in [2.75, 3.05) is 12.4 Å². The van der Waals surface area contributed by atoms with Gasteiger partial charge < -0.3 is 10.3 Å². The number of nitrogens with one attached hydrogen (secondary N) is 3. The predicted octanol–water partition coefficient (Wildman–Crippen LogP) is 7.80. The fourth-order valence-electron chi connectivity index (χ4n) is 3.35. The molecule has 0 spiro atoms. The number of rotatable bonds is 11. The summed E-state index contributed by atoms with van der Waals surface area (Å²) in [5, 5.41) is 3.45. The highest BCUT2D eigenvalue weighted by atomic mass is 32.2. The molecule has 0 aliphatic heterocycles. The molecule has 0 saturated carbocycles. The summed E-state index contributed by atoms with van der Waals surface area (Å²) >= 11 is 1.58. The quantitative estimate of drug-likeness (QED) is 0.223. The molecule has 6 heteroatoms. The van der Waals surface area contributed by atoms with Gasteiger partial charge in [0.1, 0.15) is 11.6 Å². The Balaban J connectivity index is 0.000000874. The first-order valence-corrected chi connectivity index (χ1v) is 14.5. The van der Waals surface area contributed by atoms with E-state index in [1.54, 1.807) is 11.9 Å². The minimum Gasteiger partial charge on any atom is -0.367 e. The van der Waals surface area contributed by atoms with Gasteiger partial charge in [0.15, 0.2) is 0 Å². The Bertz CT molecular complexity index is 1050. The molecule has 5 nitrogen and oxygen atoms in total. The van der Waals surface area contributed by atoms with Crippen LogP contribution in [0.25, 0.3) is 0 Å². The van der Waals surface area contributed by atoms with E-state index in [1.165, 1.54) is 12.0 Å². The average Bonchev–Trinajstić information content (AvgIpc) is 2.90. The standard InChI is InChI=1S/C24H30N4OS.C5H12.C2H6/c1-17(8-7-11-19-9-5-4-6-10-19)26-23-18(2)24(29)28-22(27-23)16-20-12-14-21(15-13-20)30-25-3;1-4-5(2)3;1-2/h4-6,9-10,12-15,17,25H,7-8,11,16H2,1-3H3,(H2,26,27,28,29);5H,4H2,1-3H3;1-2H3.